The van der Waals surface area contributed by atoms with Crippen molar-refractivity contribution in [2.45, 2.75) is 18.4 Å². The number of nitrogens with one attached hydrogen (secondary N) is 1. The fraction of sp³-hybridized carbons (Fsp3) is 0.375. The summed E-state index contributed by atoms with van der Waals surface area (Å²) >= 11 is 0. The molecule has 3 heteroatoms. The Balaban J connectivity index is 1.88. The molecule has 2 aliphatic rings. The predicted octanol–water partition coefficient (Wildman–Crippen LogP) is 2.21. The number of allylic oxidation sites excluding steroid dienone is 3. The average molecular weight is 259 g/mol. The smallest absolute Gasteiger partial charge is 0.126 e. The van der Waals surface area contributed by atoms with E-state index in [2.05, 4.69) is 17.5 Å². The Morgan fingerprint density at radius 3 is 3.05 bits per heavy atom. The number of rotatable bonds is 2. The first kappa shape index (κ1) is 12.6. The highest BCUT2D eigenvalue weighted by molar-refractivity contribution is 5.30. The van der Waals surface area contributed by atoms with Gasteiger partial charge in [0.15, 0.2) is 0 Å². The van der Waals surface area contributed by atoms with Crippen molar-refractivity contribution in [3.63, 3.8) is 0 Å². The van der Waals surface area contributed by atoms with Gasteiger partial charge in [-0.25, -0.2) is 4.39 Å². The maximum Gasteiger partial charge on any atom is 0.126 e. The molecule has 1 aromatic carbocycles. The zero-order valence-electron chi connectivity index (χ0n) is 10.8. The minimum Gasteiger partial charge on any atom is -0.388 e. The minimum atomic E-state index is -0.906. The number of aliphatic hydroxyl groups is 1. The molecule has 19 heavy (non-hydrogen) atoms. The summed E-state index contributed by atoms with van der Waals surface area (Å²) in [4.78, 5) is 0. The SMILES string of the molecule is OC1(Cc2ccccc2F)CNCC2=CC=CCC21. The molecule has 0 spiro atoms. The van der Waals surface area contributed by atoms with E-state index in [1.54, 1.807) is 12.1 Å². The second kappa shape index (κ2) is 4.91. The van der Waals surface area contributed by atoms with Crippen LogP contribution in [0.15, 0.2) is 48.1 Å². The summed E-state index contributed by atoms with van der Waals surface area (Å²) in [5.74, 6) is -0.142. The van der Waals surface area contributed by atoms with E-state index in [0.717, 1.165) is 13.0 Å². The minimum absolute atomic E-state index is 0.0957. The maximum absolute atomic E-state index is 13.8. The molecule has 1 saturated heterocycles. The molecule has 3 rings (SSSR count). The van der Waals surface area contributed by atoms with Crippen molar-refractivity contribution in [3.05, 3.63) is 59.4 Å². The second-order valence-electron chi connectivity index (χ2n) is 5.43. The summed E-state index contributed by atoms with van der Waals surface area (Å²) < 4.78 is 13.8. The largest absolute Gasteiger partial charge is 0.388 e. The number of hydrogen-bond acceptors (Lipinski definition) is 2. The van der Waals surface area contributed by atoms with Crippen molar-refractivity contribution in [2.24, 2.45) is 5.92 Å². The second-order valence-corrected chi connectivity index (χ2v) is 5.43. The van der Waals surface area contributed by atoms with E-state index in [-0.39, 0.29) is 11.7 Å². The molecule has 2 nitrogen and oxygen atoms in total. The normalized spacial score (nSPS) is 29.8. The third-order valence-corrected chi connectivity index (χ3v) is 4.13. The molecule has 0 amide bonds. The summed E-state index contributed by atoms with van der Waals surface area (Å²) in [6.45, 7) is 1.33. The van der Waals surface area contributed by atoms with E-state index < -0.39 is 5.60 Å². The summed E-state index contributed by atoms with van der Waals surface area (Å²) in [7, 11) is 0. The Hall–Kier alpha value is -1.45. The van der Waals surface area contributed by atoms with Crippen LogP contribution in [0.3, 0.4) is 0 Å². The fourth-order valence-corrected chi connectivity index (χ4v) is 3.12. The van der Waals surface area contributed by atoms with Crippen LogP contribution in [0.2, 0.25) is 0 Å². The lowest BCUT2D eigenvalue weighted by molar-refractivity contribution is -0.0146. The molecule has 0 bridgehead atoms. The van der Waals surface area contributed by atoms with E-state index in [1.807, 2.05) is 12.1 Å². The van der Waals surface area contributed by atoms with Gasteiger partial charge in [-0.15, -0.1) is 0 Å². The Kier molecular flexibility index (Phi) is 3.25. The fourth-order valence-electron chi connectivity index (χ4n) is 3.12. The van der Waals surface area contributed by atoms with Crippen molar-refractivity contribution in [1.29, 1.82) is 0 Å². The summed E-state index contributed by atoms with van der Waals surface area (Å²) in [5.41, 5.74) is 0.895. The Bertz CT molecular complexity index is 537. The van der Waals surface area contributed by atoms with Gasteiger partial charge in [0.2, 0.25) is 0 Å². The van der Waals surface area contributed by atoms with Gasteiger partial charge in [-0.2, -0.15) is 0 Å². The number of benzene rings is 1. The van der Waals surface area contributed by atoms with E-state index in [1.165, 1.54) is 11.6 Å². The third-order valence-electron chi connectivity index (χ3n) is 4.13. The monoisotopic (exact) mass is 259 g/mol. The first-order valence-electron chi connectivity index (χ1n) is 6.71. The number of piperidine rings is 1. The average Bonchev–Trinajstić information content (AvgIpc) is 2.42. The molecule has 2 atom stereocenters. The maximum atomic E-state index is 13.8. The van der Waals surface area contributed by atoms with Crippen LogP contribution in [0.1, 0.15) is 12.0 Å². The van der Waals surface area contributed by atoms with Crippen LogP contribution in [-0.4, -0.2) is 23.8 Å². The van der Waals surface area contributed by atoms with Gasteiger partial charge in [0.1, 0.15) is 5.82 Å². The van der Waals surface area contributed by atoms with Gasteiger partial charge in [0, 0.05) is 25.4 Å². The van der Waals surface area contributed by atoms with Crippen molar-refractivity contribution < 1.29 is 9.50 Å². The molecule has 1 aliphatic heterocycles. The summed E-state index contributed by atoms with van der Waals surface area (Å²) in [6, 6.07) is 6.70. The van der Waals surface area contributed by atoms with E-state index in [0.29, 0.717) is 18.5 Å². The highest BCUT2D eigenvalue weighted by Gasteiger charge is 2.41. The van der Waals surface area contributed by atoms with Gasteiger partial charge in [0.25, 0.3) is 0 Å². The molecular formula is C16H18FNO. The lowest BCUT2D eigenvalue weighted by Gasteiger charge is -2.43. The van der Waals surface area contributed by atoms with Crippen molar-refractivity contribution in [3.8, 4) is 0 Å². The molecule has 2 unspecified atom stereocenters. The first-order valence-corrected chi connectivity index (χ1v) is 6.71. The molecule has 1 aliphatic carbocycles. The molecular weight excluding hydrogens is 241 g/mol. The van der Waals surface area contributed by atoms with Gasteiger partial charge < -0.3 is 10.4 Å². The van der Waals surface area contributed by atoms with Crippen molar-refractivity contribution in [1.82, 2.24) is 5.32 Å². The number of halogens is 1. The summed E-state index contributed by atoms with van der Waals surface area (Å²) in [6.07, 6.45) is 7.35. The van der Waals surface area contributed by atoms with Crippen LogP contribution < -0.4 is 5.32 Å². The molecule has 1 fully saturated rings. The van der Waals surface area contributed by atoms with Crippen LogP contribution in [0, 0.1) is 11.7 Å². The lowest BCUT2D eigenvalue weighted by atomic mass is 9.72. The van der Waals surface area contributed by atoms with Crippen LogP contribution in [0.4, 0.5) is 4.39 Å². The van der Waals surface area contributed by atoms with Crippen LogP contribution in [-0.2, 0) is 6.42 Å². The first-order chi connectivity index (χ1) is 9.19. The standard InChI is InChI=1S/C16H18FNO/c17-15-8-4-2-5-12(15)9-16(19)11-18-10-13-6-1-3-7-14(13)16/h1-6,8,14,18-19H,7,9-11H2. The van der Waals surface area contributed by atoms with Crippen LogP contribution >= 0.6 is 0 Å². The number of β-amino-alcohol motifs (C(OH)–C–C–N with tert-alkyl or cyclic N) is 1. The zero-order chi connectivity index (χ0) is 13.3. The zero-order valence-corrected chi connectivity index (χ0v) is 10.8. The van der Waals surface area contributed by atoms with Crippen LogP contribution in [0.5, 0.6) is 0 Å². The van der Waals surface area contributed by atoms with Crippen molar-refractivity contribution in [2.75, 3.05) is 13.1 Å². The molecule has 1 aromatic rings. The third kappa shape index (κ3) is 2.36. The molecule has 0 saturated carbocycles. The van der Waals surface area contributed by atoms with E-state index in [4.69, 9.17) is 0 Å². The van der Waals surface area contributed by atoms with Crippen LogP contribution in [0.25, 0.3) is 0 Å². The van der Waals surface area contributed by atoms with Gasteiger partial charge in [-0.3, -0.25) is 0 Å². The molecule has 100 valence electrons. The van der Waals surface area contributed by atoms with Crippen molar-refractivity contribution >= 4 is 0 Å². The van der Waals surface area contributed by atoms with Gasteiger partial charge >= 0.3 is 0 Å². The highest BCUT2D eigenvalue weighted by Crippen LogP contribution is 2.36. The predicted molar refractivity (Wildman–Crippen MR) is 73.3 cm³/mol. The van der Waals surface area contributed by atoms with E-state index >= 15 is 0 Å². The Labute approximate surface area is 112 Å². The molecule has 2 N–H and O–H groups in total. The van der Waals surface area contributed by atoms with Gasteiger partial charge in [-0.05, 0) is 18.1 Å². The van der Waals surface area contributed by atoms with Gasteiger partial charge in [0.05, 0.1) is 5.60 Å². The number of hydrogen-bond donors (Lipinski definition) is 2. The van der Waals surface area contributed by atoms with Gasteiger partial charge in [-0.1, -0.05) is 42.0 Å². The number of fused-ring (bicyclic) bond motifs is 1. The summed E-state index contributed by atoms with van der Waals surface area (Å²) in [5, 5.41) is 14.2. The Morgan fingerprint density at radius 1 is 1.37 bits per heavy atom. The molecule has 1 heterocycles. The highest BCUT2D eigenvalue weighted by atomic mass is 19.1. The molecule has 0 radical (unpaired) electrons. The van der Waals surface area contributed by atoms with E-state index in [9.17, 15) is 9.50 Å². The quantitative estimate of drug-likeness (QED) is 0.853. The Morgan fingerprint density at radius 2 is 2.21 bits per heavy atom. The molecule has 0 aromatic heterocycles. The topological polar surface area (TPSA) is 32.3 Å². The lowest BCUT2D eigenvalue weighted by Crippen LogP contribution is -2.55.